The highest BCUT2D eigenvalue weighted by atomic mass is 79.9. The van der Waals surface area contributed by atoms with E-state index in [9.17, 15) is 5.11 Å². The summed E-state index contributed by atoms with van der Waals surface area (Å²) in [4.78, 5) is 0. The van der Waals surface area contributed by atoms with Crippen molar-refractivity contribution >= 4 is 27.5 Å². The lowest BCUT2D eigenvalue weighted by Crippen LogP contribution is -2.28. The van der Waals surface area contributed by atoms with E-state index in [2.05, 4.69) is 21.0 Å². The van der Waals surface area contributed by atoms with Crippen molar-refractivity contribution in [2.24, 2.45) is 0 Å². The summed E-state index contributed by atoms with van der Waals surface area (Å²) in [5.41, 5.74) is 0.213. The van der Waals surface area contributed by atoms with Crippen LogP contribution in [-0.4, -0.2) is 14.9 Å². The molecule has 19 heavy (non-hydrogen) atoms. The Labute approximate surface area is 126 Å². The summed E-state index contributed by atoms with van der Waals surface area (Å²) in [6.07, 6.45) is 1.57. The van der Waals surface area contributed by atoms with Crippen LogP contribution >= 0.6 is 27.5 Å². The molecule has 0 spiro atoms. The smallest absolute Gasteiger partial charge is 0.130 e. The van der Waals surface area contributed by atoms with Crippen molar-refractivity contribution in [3.8, 4) is 0 Å². The summed E-state index contributed by atoms with van der Waals surface area (Å²) >= 11 is 9.59. The Balaban J connectivity index is 2.55. The fraction of sp³-hybridized carbons (Fsp3) is 0.357. The first-order valence-electron chi connectivity index (χ1n) is 6.06. The first-order valence-corrected chi connectivity index (χ1v) is 7.23. The van der Waals surface area contributed by atoms with E-state index in [0.717, 1.165) is 10.0 Å². The number of aromatic nitrogens is 2. The Morgan fingerprint density at radius 3 is 2.42 bits per heavy atom. The number of aliphatic hydroxyl groups is 1. The SMILES string of the molecule is CC(C)n1ncc(Cl)c1C(C)(O)c1ccc(Br)cc1. The number of nitrogens with zero attached hydrogens (tertiary/aromatic N) is 2. The molecule has 1 unspecified atom stereocenters. The molecule has 2 aromatic rings. The molecule has 0 aliphatic heterocycles. The van der Waals surface area contributed by atoms with Gasteiger partial charge in [-0.2, -0.15) is 5.10 Å². The lowest BCUT2D eigenvalue weighted by Gasteiger charge is -2.27. The minimum absolute atomic E-state index is 0.129. The molecule has 0 saturated heterocycles. The zero-order valence-electron chi connectivity index (χ0n) is 11.1. The molecule has 2 rings (SSSR count). The summed E-state index contributed by atoms with van der Waals surface area (Å²) in [5, 5.41) is 15.6. The first kappa shape index (κ1) is 14.6. The highest BCUT2D eigenvalue weighted by molar-refractivity contribution is 9.10. The Kier molecular flexibility index (Phi) is 4.04. The zero-order valence-corrected chi connectivity index (χ0v) is 13.4. The van der Waals surface area contributed by atoms with Crippen LogP contribution in [0.15, 0.2) is 34.9 Å². The van der Waals surface area contributed by atoms with Crippen LogP contribution in [0.1, 0.15) is 38.1 Å². The molecule has 0 amide bonds. The molecular weight excluding hydrogens is 328 g/mol. The number of hydrogen-bond acceptors (Lipinski definition) is 2. The lowest BCUT2D eigenvalue weighted by molar-refractivity contribution is 0.0901. The van der Waals surface area contributed by atoms with Gasteiger partial charge in [0.15, 0.2) is 0 Å². The highest BCUT2D eigenvalue weighted by Gasteiger charge is 2.33. The standard InChI is InChI=1S/C14H16BrClN2O/c1-9(2)18-13(12(16)8-17-18)14(3,19)10-4-6-11(15)7-5-10/h4-9,19H,1-3H3. The summed E-state index contributed by atoms with van der Waals surface area (Å²) < 4.78 is 2.72. The van der Waals surface area contributed by atoms with Crippen molar-refractivity contribution in [1.29, 1.82) is 0 Å². The van der Waals surface area contributed by atoms with Gasteiger partial charge in [0.05, 0.1) is 16.9 Å². The van der Waals surface area contributed by atoms with Crippen molar-refractivity contribution < 1.29 is 5.11 Å². The van der Waals surface area contributed by atoms with Gasteiger partial charge in [-0.1, -0.05) is 39.7 Å². The van der Waals surface area contributed by atoms with E-state index in [1.54, 1.807) is 17.8 Å². The molecule has 0 fully saturated rings. The van der Waals surface area contributed by atoms with E-state index in [0.29, 0.717) is 10.7 Å². The third-order valence-electron chi connectivity index (χ3n) is 3.11. The predicted molar refractivity (Wildman–Crippen MR) is 80.4 cm³/mol. The first-order chi connectivity index (χ1) is 8.84. The van der Waals surface area contributed by atoms with E-state index in [4.69, 9.17) is 11.6 Å². The Morgan fingerprint density at radius 2 is 1.89 bits per heavy atom. The Morgan fingerprint density at radius 1 is 1.32 bits per heavy atom. The number of benzene rings is 1. The van der Waals surface area contributed by atoms with Crippen LogP contribution < -0.4 is 0 Å². The van der Waals surface area contributed by atoms with Gasteiger partial charge < -0.3 is 5.11 Å². The summed E-state index contributed by atoms with van der Waals surface area (Å²) in [5.74, 6) is 0. The monoisotopic (exact) mass is 342 g/mol. The van der Waals surface area contributed by atoms with E-state index in [1.165, 1.54) is 0 Å². The van der Waals surface area contributed by atoms with Crippen LogP contribution in [0.5, 0.6) is 0 Å². The fourth-order valence-corrected chi connectivity index (χ4v) is 2.68. The van der Waals surface area contributed by atoms with Gasteiger partial charge >= 0.3 is 0 Å². The van der Waals surface area contributed by atoms with E-state index >= 15 is 0 Å². The lowest BCUT2D eigenvalue weighted by atomic mass is 9.92. The average molecular weight is 344 g/mol. The van der Waals surface area contributed by atoms with Gasteiger partial charge in [-0.05, 0) is 38.5 Å². The summed E-state index contributed by atoms with van der Waals surface area (Å²) in [6.45, 7) is 5.74. The molecule has 1 N–H and O–H groups in total. The predicted octanol–water partition coefficient (Wildman–Crippen LogP) is 4.14. The highest BCUT2D eigenvalue weighted by Crippen LogP contribution is 2.35. The van der Waals surface area contributed by atoms with Gasteiger partial charge in [0.1, 0.15) is 5.60 Å². The molecule has 5 heteroatoms. The van der Waals surface area contributed by atoms with Crippen LogP contribution in [0.2, 0.25) is 5.02 Å². The van der Waals surface area contributed by atoms with Crippen molar-refractivity contribution in [2.75, 3.05) is 0 Å². The number of rotatable bonds is 3. The molecule has 1 aromatic carbocycles. The molecule has 1 heterocycles. The van der Waals surface area contributed by atoms with Crippen LogP contribution in [0, 0.1) is 0 Å². The Hall–Kier alpha value is -0.840. The van der Waals surface area contributed by atoms with Crippen LogP contribution in [-0.2, 0) is 5.60 Å². The van der Waals surface area contributed by atoms with Crippen LogP contribution in [0.4, 0.5) is 0 Å². The second kappa shape index (κ2) is 5.27. The van der Waals surface area contributed by atoms with Gasteiger partial charge in [-0.25, -0.2) is 0 Å². The third-order valence-corrected chi connectivity index (χ3v) is 3.91. The van der Waals surface area contributed by atoms with E-state index < -0.39 is 5.60 Å². The molecule has 1 aromatic heterocycles. The number of halogens is 2. The fourth-order valence-electron chi connectivity index (χ4n) is 2.10. The van der Waals surface area contributed by atoms with Crippen molar-refractivity contribution in [1.82, 2.24) is 9.78 Å². The molecule has 0 aliphatic carbocycles. The second-order valence-corrected chi connectivity index (χ2v) is 6.28. The van der Waals surface area contributed by atoms with Crippen LogP contribution in [0.3, 0.4) is 0 Å². The minimum atomic E-state index is -1.18. The molecule has 102 valence electrons. The van der Waals surface area contributed by atoms with Gasteiger partial charge in [-0.3, -0.25) is 4.68 Å². The maximum atomic E-state index is 10.9. The summed E-state index contributed by atoms with van der Waals surface area (Å²) in [6, 6.07) is 7.67. The van der Waals surface area contributed by atoms with E-state index in [-0.39, 0.29) is 6.04 Å². The maximum absolute atomic E-state index is 10.9. The average Bonchev–Trinajstić information content (AvgIpc) is 2.72. The maximum Gasteiger partial charge on any atom is 0.130 e. The molecule has 0 saturated carbocycles. The summed E-state index contributed by atoms with van der Waals surface area (Å²) in [7, 11) is 0. The van der Waals surface area contributed by atoms with Crippen molar-refractivity contribution in [3.63, 3.8) is 0 Å². The molecule has 0 radical (unpaired) electrons. The molecule has 0 aliphatic rings. The normalized spacial score (nSPS) is 14.7. The zero-order chi connectivity index (χ0) is 14.2. The van der Waals surface area contributed by atoms with Crippen molar-refractivity contribution in [2.45, 2.75) is 32.4 Å². The van der Waals surface area contributed by atoms with Gasteiger partial charge in [0, 0.05) is 10.5 Å². The number of hydrogen-bond donors (Lipinski definition) is 1. The van der Waals surface area contributed by atoms with E-state index in [1.807, 2.05) is 38.1 Å². The quantitative estimate of drug-likeness (QED) is 0.909. The molecular formula is C14H16BrClN2O. The van der Waals surface area contributed by atoms with Crippen molar-refractivity contribution in [3.05, 3.63) is 51.2 Å². The largest absolute Gasteiger partial charge is 0.379 e. The molecule has 1 atom stereocenters. The minimum Gasteiger partial charge on any atom is -0.379 e. The second-order valence-electron chi connectivity index (χ2n) is 4.96. The molecule has 0 bridgehead atoms. The van der Waals surface area contributed by atoms with Gasteiger partial charge in [0.2, 0.25) is 0 Å². The van der Waals surface area contributed by atoms with Crippen LogP contribution in [0.25, 0.3) is 0 Å². The Bertz CT molecular complexity index is 576. The van der Waals surface area contributed by atoms with Gasteiger partial charge in [-0.15, -0.1) is 0 Å². The third kappa shape index (κ3) is 2.71. The van der Waals surface area contributed by atoms with Gasteiger partial charge in [0.25, 0.3) is 0 Å². The molecule has 3 nitrogen and oxygen atoms in total. The topological polar surface area (TPSA) is 38.0 Å².